The third-order valence-electron chi connectivity index (χ3n) is 4.54. The lowest BCUT2D eigenvalue weighted by Crippen LogP contribution is -2.30. The van der Waals surface area contributed by atoms with Crippen LogP contribution in [0.3, 0.4) is 0 Å². The number of aromatic nitrogens is 2. The minimum absolute atomic E-state index is 0.0746. The Balaban J connectivity index is 1.86. The van der Waals surface area contributed by atoms with E-state index in [1.165, 1.54) is 11.3 Å². The predicted octanol–water partition coefficient (Wildman–Crippen LogP) is 4.67. The van der Waals surface area contributed by atoms with Crippen molar-refractivity contribution in [3.05, 3.63) is 76.7 Å². The topological polar surface area (TPSA) is 75.2 Å². The second-order valence-electron chi connectivity index (χ2n) is 8.20. The molecule has 156 valence electrons. The van der Waals surface area contributed by atoms with Gasteiger partial charge in [0.05, 0.1) is 9.88 Å². The second kappa shape index (κ2) is 9.17. The molecule has 0 saturated heterocycles. The van der Waals surface area contributed by atoms with Crippen LogP contribution in [0, 0.1) is 12.3 Å². The maximum Gasteiger partial charge on any atom is 0.264 e. The average molecular weight is 423 g/mol. The summed E-state index contributed by atoms with van der Waals surface area (Å²) in [5.74, 6) is -0.152. The van der Waals surface area contributed by atoms with Crippen LogP contribution in [0.15, 0.2) is 55.1 Å². The first-order valence-corrected chi connectivity index (χ1v) is 10.5. The number of carbonyl (C=O) groups is 2. The monoisotopic (exact) mass is 422 g/mol. The van der Waals surface area contributed by atoms with Crippen molar-refractivity contribution >= 4 is 28.2 Å². The van der Waals surface area contributed by atoms with Crippen molar-refractivity contribution in [2.24, 2.45) is 5.41 Å². The fourth-order valence-corrected chi connectivity index (χ4v) is 3.85. The number of anilines is 1. The molecular weight excluding hydrogens is 396 g/mol. The van der Waals surface area contributed by atoms with E-state index in [1.807, 2.05) is 58.0 Å². The number of pyridine rings is 2. The lowest BCUT2D eigenvalue weighted by molar-refractivity contribution is -0.123. The molecule has 0 bridgehead atoms. The third kappa shape index (κ3) is 5.51. The molecule has 0 saturated carbocycles. The van der Waals surface area contributed by atoms with Crippen LogP contribution in [-0.4, -0.2) is 26.7 Å². The van der Waals surface area contributed by atoms with Gasteiger partial charge in [-0.1, -0.05) is 26.8 Å². The Morgan fingerprint density at radius 3 is 2.37 bits per heavy atom. The Morgan fingerprint density at radius 1 is 1.03 bits per heavy atom. The van der Waals surface area contributed by atoms with Crippen molar-refractivity contribution in [2.75, 3.05) is 5.32 Å². The highest BCUT2D eigenvalue weighted by atomic mass is 32.1. The number of thiophene rings is 1. The van der Waals surface area contributed by atoms with Crippen LogP contribution in [-0.2, 0) is 17.9 Å². The van der Waals surface area contributed by atoms with Crippen molar-refractivity contribution in [1.82, 2.24) is 14.9 Å². The lowest BCUT2D eigenvalue weighted by atomic mass is 9.96. The summed E-state index contributed by atoms with van der Waals surface area (Å²) in [6.07, 6.45) is 6.92. The molecule has 1 N–H and O–H groups in total. The van der Waals surface area contributed by atoms with E-state index in [4.69, 9.17) is 0 Å². The first-order chi connectivity index (χ1) is 14.2. The quantitative estimate of drug-likeness (QED) is 0.626. The van der Waals surface area contributed by atoms with Crippen LogP contribution in [0.1, 0.15) is 47.1 Å². The first kappa shape index (κ1) is 21.6. The van der Waals surface area contributed by atoms with Gasteiger partial charge in [0, 0.05) is 43.3 Å². The highest BCUT2D eigenvalue weighted by Crippen LogP contribution is 2.30. The van der Waals surface area contributed by atoms with Gasteiger partial charge in [-0.05, 0) is 47.9 Å². The summed E-state index contributed by atoms with van der Waals surface area (Å²) < 4.78 is 0. The van der Waals surface area contributed by atoms with Crippen LogP contribution in [0.2, 0.25) is 0 Å². The Hall–Kier alpha value is -3.06. The summed E-state index contributed by atoms with van der Waals surface area (Å²) in [5.41, 5.74) is 2.30. The zero-order chi connectivity index (χ0) is 21.7. The normalized spacial score (nSPS) is 11.2. The summed E-state index contributed by atoms with van der Waals surface area (Å²) in [6, 6.07) is 9.48. The van der Waals surface area contributed by atoms with Gasteiger partial charge in [0.1, 0.15) is 0 Å². The summed E-state index contributed by atoms with van der Waals surface area (Å²) in [5, 5.41) is 3.61. The van der Waals surface area contributed by atoms with E-state index in [0.29, 0.717) is 23.0 Å². The smallest absolute Gasteiger partial charge is 0.264 e. The molecule has 0 aromatic carbocycles. The van der Waals surface area contributed by atoms with E-state index in [2.05, 4.69) is 15.3 Å². The van der Waals surface area contributed by atoms with Crippen LogP contribution in [0.25, 0.3) is 0 Å². The molecule has 6 nitrogen and oxygen atoms in total. The van der Waals surface area contributed by atoms with E-state index in [9.17, 15) is 9.59 Å². The second-order valence-corrected chi connectivity index (χ2v) is 9.26. The molecule has 3 rings (SSSR count). The average Bonchev–Trinajstić information content (AvgIpc) is 3.08. The molecule has 2 amide bonds. The summed E-state index contributed by atoms with van der Waals surface area (Å²) in [6.45, 7) is 8.37. The highest BCUT2D eigenvalue weighted by Gasteiger charge is 2.25. The van der Waals surface area contributed by atoms with Gasteiger partial charge in [0.15, 0.2) is 0 Å². The van der Waals surface area contributed by atoms with Gasteiger partial charge < -0.3 is 10.2 Å². The zero-order valence-corrected chi connectivity index (χ0v) is 18.5. The molecule has 0 spiro atoms. The molecule has 3 aromatic rings. The molecule has 0 radical (unpaired) electrons. The molecule has 0 aliphatic heterocycles. The molecule has 0 aliphatic rings. The number of amides is 2. The highest BCUT2D eigenvalue weighted by molar-refractivity contribution is 7.18. The molecule has 3 aromatic heterocycles. The number of hydrogen-bond donors (Lipinski definition) is 1. The summed E-state index contributed by atoms with van der Waals surface area (Å²) in [4.78, 5) is 36.4. The van der Waals surface area contributed by atoms with Crippen LogP contribution >= 0.6 is 11.3 Å². The zero-order valence-electron chi connectivity index (χ0n) is 17.7. The Kier molecular flexibility index (Phi) is 6.62. The van der Waals surface area contributed by atoms with Gasteiger partial charge in [-0.2, -0.15) is 0 Å². The van der Waals surface area contributed by atoms with Crippen LogP contribution < -0.4 is 5.32 Å². The number of rotatable bonds is 6. The molecule has 30 heavy (non-hydrogen) atoms. The van der Waals surface area contributed by atoms with E-state index < -0.39 is 5.41 Å². The minimum Gasteiger partial charge on any atom is -0.329 e. The summed E-state index contributed by atoms with van der Waals surface area (Å²) in [7, 11) is 0. The standard InChI is InChI=1S/C23H26N4O2S/c1-16-12-19(26-22(29)23(2,3)4)30-20(16)21(28)27(14-17-7-10-24-11-8-17)15-18-6-5-9-25-13-18/h5-13H,14-15H2,1-4H3,(H,26,29). The molecule has 0 aliphatic carbocycles. The number of nitrogens with one attached hydrogen (secondary N) is 1. The predicted molar refractivity (Wildman–Crippen MR) is 119 cm³/mol. The van der Waals surface area contributed by atoms with E-state index >= 15 is 0 Å². The van der Waals surface area contributed by atoms with Gasteiger partial charge in [-0.15, -0.1) is 11.3 Å². The fourth-order valence-electron chi connectivity index (χ4n) is 2.82. The van der Waals surface area contributed by atoms with Crippen molar-refractivity contribution in [2.45, 2.75) is 40.8 Å². The van der Waals surface area contributed by atoms with Gasteiger partial charge in [-0.3, -0.25) is 19.6 Å². The molecule has 3 heterocycles. The van der Waals surface area contributed by atoms with Gasteiger partial charge in [0.2, 0.25) is 5.91 Å². The molecule has 0 unspecified atom stereocenters. The maximum atomic E-state index is 13.5. The minimum atomic E-state index is -0.504. The van der Waals surface area contributed by atoms with Crippen molar-refractivity contribution in [1.29, 1.82) is 0 Å². The number of carbonyl (C=O) groups excluding carboxylic acids is 2. The number of nitrogens with zero attached hydrogens (tertiary/aromatic N) is 3. The Bertz CT molecular complexity index is 969. The van der Waals surface area contributed by atoms with E-state index in [-0.39, 0.29) is 11.8 Å². The van der Waals surface area contributed by atoms with Crippen LogP contribution in [0.4, 0.5) is 5.00 Å². The van der Waals surface area contributed by atoms with E-state index in [1.54, 1.807) is 29.7 Å². The largest absolute Gasteiger partial charge is 0.329 e. The molecule has 7 heteroatoms. The molecule has 0 atom stereocenters. The Morgan fingerprint density at radius 2 is 1.73 bits per heavy atom. The number of aryl methyl sites for hydroxylation is 1. The van der Waals surface area contributed by atoms with Crippen molar-refractivity contribution in [3.8, 4) is 0 Å². The van der Waals surface area contributed by atoms with E-state index in [0.717, 1.165) is 16.7 Å². The van der Waals surface area contributed by atoms with Gasteiger partial charge in [0.25, 0.3) is 5.91 Å². The Labute approximate surface area is 181 Å². The first-order valence-electron chi connectivity index (χ1n) is 9.73. The number of hydrogen-bond acceptors (Lipinski definition) is 5. The third-order valence-corrected chi connectivity index (χ3v) is 5.68. The van der Waals surface area contributed by atoms with Gasteiger partial charge in [-0.25, -0.2) is 0 Å². The fraction of sp³-hybridized carbons (Fsp3) is 0.304. The lowest BCUT2D eigenvalue weighted by Gasteiger charge is -2.23. The van der Waals surface area contributed by atoms with Crippen molar-refractivity contribution < 1.29 is 9.59 Å². The van der Waals surface area contributed by atoms with Crippen LogP contribution in [0.5, 0.6) is 0 Å². The maximum absolute atomic E-state index is 13.5. The molecule has 0 fully saturated rings. The van der Waals surface area contributed by atoms with Gasteiger partial charge >= 0.3 is 0 Å². The molecular formula is C23H26N4O2S. The SMILES string of the molecule is Cc1cc(NC(=O)C(C)(C)C)sc1C(=O)N(Cc1ccncc1)Cc1cccnc1. The summed E-state index contributed by atoms with van der Waals surface area (Å²) >= 11 is 1.31. The van der Waals surface area contributed by atoms with Crippen molar-refractivity contribution in [3.63, 3.8) is 0 Å².